The molecule has 1 aliphatic heterocycles. The lowest BCUT2D eigenvalue weighted by Gasteiger charge is -2.23. The Morgan fingerprint density at radius 1 is 1.41 bits per heavy atom. The van der Waals surface area contributed by atoms with Gasteiger partial charge in [-0.2, -0.15) is 0 Å². The van der Waals surface area contributed by atoms with Crippen LogP contribution in [0.1, 0.15) is 42.7 Å². The molecule has 1 saturated heterocycles. The van der Waals surface area contributed by atoms with Crippen molar-refractivity contribution >= 4 is 5.91 Å². The molecule has 17 heavy (non-hydrogen) atoms. The van der Waals surface area contributed by atoms with Crippen molar-refractivity contribution in [1.29, 1.82) is 0 Å². The molecule has 92 valence electrons. The van der Waals surface area contributed by atoms with Crippen LogP contribution in [0.2, 0.25) is 0 Å². The molecule has 0 bridgehead atoms. The van der Waals surface area contributed by atoms with E-state index in [0.29, 0.717) is 5.92 Å². The van der Waals surface area contributed by atoms with Gasteiger partial charge in [0.15, 0.2) is 0 Å². The van der Waals surface area contributed by atoms with Gasteiger partial charge in [0.1, 0.15) is 0 Å². The topological polar surface area (TPSA) is 55.1 Å². The van der Waals surface area contributed by atoms with E-state index in [4.69, 9.17) is 5.73 Å². The van der Waals surface area contributed by atoms with Gasteiger partial charge in [-0.3, -0.25) is 4.79 Å². The molecule has 0 spiro atoms. The van der Waals surface area contributed by atoms with Crippen molar-refractivity contribution < 1.29 is 4.79 Å². The molecular weight excluding hydrogens is 212 g/mol. The largest absolute Gasteiger partial charge is 0.369 e. The number of hydrogen-bond acceptors (Lipinski definition) is 2. The first-order chi connectivity index (χ1) is 8.18. The Morgan fingerprint density at radius 3 is 2.65 bits per heavy atom. The quantitative estimate of drug-likeness (QED) is 0.834. The van der Waals surface area contributed by atoms with Gasteiger partial charge < -0.3 is 11.1 Å². The lowest BCUT2D eigenvalue weighted by atomic mass is 9.90. The van der Waals surface area contributed by atoms with Crippen LogP contribution in [-0.4, -0.2) is 19.0 Å². The number of rotatable bonds is 3. The van der Waals surface area contributed by atoms with Gasteiger partial charge >= 0.3 is 0 Å². The van der Waals surface area contributed by atoms with Crippen molar-refractivity contribution in [2.45, 2.75) is 31.6 Å². The molecule has 3 heteroatoms. The second-order valence-electron chi connectivity index (χ2n) is 4.83. The van der Waals surface area contributed by atoms with E-state index in [1.165, 1.54) is 18.4 Å². The molecule has 3 nitrogen and oxygen atoms in total. The molecule has 2 atom stereocenters. The molecule has 2 unspecified atom stereocenters. The Balaban J connectivity index is 2.09. The summed E-state index contributed by atoms with van der Waals surface area (Å²) >= 11 is 0. The van der Waals surface area contributed by atoms with Crippen LogP contribution in [-0.2, 0) is 4.79 Å². The summed E-state index contributed by atoms with van der Waals surface area (Å²) in [6.07, 6.45) is 2.49. The van der Waals surface area contributed by atoms with Crippen LogP contribution in [0.5, 0.6) is 0 Å². The molecule has 0 aliphatic carbocycles. The third kappa shape index (κ3) is 2.86. The zero-order valence-electron chi connectivity index (χ0n) is 10.3. The number of amides is 1. The van der Waals surface area contributed by atoms with Crippen LogP contribution in [0.3, 0.4) is 0 Å². The Kier molecular flexibility index (Phi) is 3.79. The number of hydrogen-bond donors (Lipinski definition) is 2. The lowest BCUT2D eigenvalue weighted by molar-refractivity contribution is -0.119. The fraction of sp³-hybridized carbons (Fsp3) is 0.500. The normalized spacial score (nSPS) is 22.1. The molecule has 1 aliphatic rings. The number of primary amides is 1. The van der Waals surface area contributed by atoms with E-state index in [-0.39, 0.29) is 11.8 Å². The van der Waals surface area contributed by atoms with E-state index in [1.807, 2.05) is 19.1 Å². The Bertz CT molecular complexity index is 380. The molecule has 0 saturated carbocycles. The summed E-state index contributed by atoms with van der Waals surface area (Å²) in [5.74, 6) is 0.146. The predicted molar refractivity (Wildman–Crippen MR) is 68.9 cm³/mol. The molecule has 1 aromatic rings. The van der Waals surface area contributed by atoms with Gasteiger partial charge in [0.2, 0.25) is 5.91 Å². The Labute approximate surface area is 102 Å². The summed E-state index contributed by atoms with van der Waals surface area (Å²) in [6, 6.07) is 8.32. The van der Waals surface area contributed by atoms with Gasteiger partial charge in [0.25, 0.3) is 0 Å². The van der Waals surface area contributed by atoms with Crippen LogP contribution in [0, 0.1) is 0 Å². The minimum atomic E-state index is -0.267. The van der Waals surface area contributed by atoms with Crippen LogP contribution in [0.4, 0.5) is 0 Å². The van der Waals surface area contributed by atoms with Gasteiger partial charge in [-0.25, -0.2) is 0 Å². The highest BCUT2D eigenvalue weighted by molar-refractivity contribution is 5.81. The second kappa shape index (κ2) is 5.32. The third-order valence-corrected chi connectivity index (χ3v) is 3.63. The highest BCUT2D eigenvalue weighted by Gasteiger charge is 2.16. The van der Waals surface area contributed by atoms with Gasteiger partial charge in [-0.05, 0) is 43.4 Å². The Hall–Kier alpha value is -1.35. The highest BCUT2D eigenvalue weighted by Crippen LogP contribution is 2.25. The van der Waals surface area contributed by atoms with Crippen molar-refractivity contribution in [1.82, 2.24) is 5.32 Å². The van der Waals surface area contributed by atoms with Crippen LogP contribution in [0.25, 0.3) is 0 Å². The number of carbonyl (C=O) groups excluding carboxylic acids is 1. The molecule has 2 rings (SSSR count). The zero-order chi connectivity index (χ0) is 12.3. The average Bonchev–Trinajstić information content (AvgIpc) is 2.39. The first kappa shape index (κ1) is 12.1. The SMILES string of the molecule is CC(C(N)=O)c1ccc(C2CCCNC2)cc1. The van der Waals surface area contributed by atoms with Crippen LogP contribution < -0.4 is 11.1 Å². The van der Waals surface area contributed by atoms with Gasteiger partial charge in [-0.1, -0.05) is 24.3 Å². The number of carbonyl (C=O) groups is 1. The number of nitrogens with two attached hydrogens (primary N) is 1. The van der Waals surface area contributed by atoms with Gasteiger partial charge in [0, 0.05) is 6.54 Å². The lowest BCUT2D eigenvalue weighted by Crippen LogP contribution is -2.28. The third-order valence-electron chi connectivity index (χ3n) is 3.63. The molecule has 1 heterocycles. The maximum absolute atomic E-state index is 11.1. The van der Waals surface area contributed by atoms with Gasteiger partial charge in [-0.15, -0.1) is 0 Å². The van der Waals surface area contributed by atoms with Crippen molar-refractivity contribution in [2.24, 2.45) is 5.73 Å². The average molecular weight is 232 g/mol. The number of piperidine rings is 1. The van der Waals surface area contributed by atoms with Crippen LogP contribution in [0.15, 0.2) is 24.3 Å². The second-order valence-corrected chi connectivity index (χ2v) is 4.83. The summed E-state index contributed by atoms with van der Waals surface area (Å²) in [4.78, 5) is 11.1. The Morgan fingerprint density at radius 2 is 2.12 bits per heavy atom. The van der Waals surface area contributed by atoms with E-state index >= 15 is 0 Å². The number of benzene rings is 1. The minimum absolute atomic E-state index is 0.200. The van der Waals surface area contributed by atoms with Gasteiger partial charge in [0.05, 0.1) is 5.92 Å². The summed E-state index contributed by atoms with van der Waals surface area (Å²) in [5.41, 5.74) is 7.66. The van der Waals surface area contributed by atoms with E-state index in [0.717, 1.165) is 18.7 Å². The zero-order valence-corrected chi connectivity index (χ0v) is 10.3. The monoisotopic (exact) mass is 232 g/mol. The molecule has 3 N–H and O–H groups in total. The van der Waals surface area contributed by atoms with Crippen molar-refractivity contribution in [3.8, 4) is 0 Å². The highest BCUT2D eigenvalue weighted by atomic mass is 16.1. The first-order valence-electron chi connectivity index (χ1n) is 6.28. The molecule has 1 fully saturated rings. The summed E-state index contributed by atoms with van der Waals surface area (Å²) in [6.45, 7) is 4.04. The van der Waals surface area contributed by atoms with E-state index in [9.17, 15) is 4.79 Å². The molecule has 1 aromatic carbocycles. The molecular formula is C14H20N2O. The molecule has 0 aromatic heterocycles. The summed E-state index contributed by atoms with van der Waals surface area (Å²) < 4.78 is 0. The van der Waals surface area contributed by atoms with Crippen molar-refractivity contribution in [3.05, 3.63) is 35.4 Å². The summed E-state index contributed by atoms with van der Waals surface area (Å²) in [7, 11) is 0. The van der Waals surface area contributed by atoms with E-state index < -0.39 is 0 Å². The van der Waals surface area contributed by atoms with Crippen molar-refractivity contribution in [3.63, 3.8) is 0 Å². The smallest absolute Gasteiger partial charge is 0.224 e. The maximum atomic E-state index is 11.1. The minimum Gasteiger partial charge on any atom is -0.369 e. The van der Waals surface area contributed by atoms with Crippen LogP contribution >= 0.6 is 0 Å². The fourth-order valence-electron chi connectivity index (χ4n) is 2.36. The maximum Gasteiger partial charge on any atom is 0.224 e. The molecule has 0 radical (unpaired) electrons. The first-order valence-corrected chi connectivity index (χ1v) is 6.28. The summed E-state index contributed by atoms with van der Waals surface area (Å²) in [5, 5.41) is 3.41. The number of nitrogens with one attached hydrogen (secondary N) is 1. The standard InChI is InChI=1S/C14H20N2O/c1-10(14(15)17)11-4-6-12(7-5-11)13-3-2-8-16-9-13/h4-7,10,13,16H,2-3,8-9H2,1H3,(H2,15,17). The predicted octanol–water partition coefficient (Wildman–Crippen LogP) is 1.74. The fourth-order valence-corrected chi connectivity index (χ4v) is 2.36. The van der Waals surface area contributed by atoms with E-state index in [1.54, 1.807) is 0 Å². The molecule has 1 amide bonds. The van der Waals surface area contributed by atoms with E-state index in [2.05, 4.69) is 17.4 Å². The van der Waals surface area contributed by atoms with Crippen molar-refractivity contribution in [2.75, 3.05) is 13.1 Å².